The third-order valence-electron chi connectivity index (χ3n) is 6.15. The maximum Gasteiger partial charge on any atom is 0.327 e. The molecule has 0 N–H and O–H groups in total. The van der Waals surface area contributed by atoms with E-state index in [9.17, 15) is 0 Å². The number of fused-ring (bicyclic) bond motifs is 1. The van der Waals surface area contributed by atoms with Gasteiger partial charge in [0.1, 0.15) is 0 Å². The Morgan fingerprint density at radius 1 is 0.800 bits per heavy atom. The van der Waals surface area contributed by atoms with E-state index in [1.54, 1.807) is 0 Å². The second-order valence-corrected chi connectivity index (χ2v) is 8.35. The Bertz CT molecular complexity index is 888. The smallest absolute Gasteiger partial charge is 0.327 e. The quantitative estimate of drug-likeness (QED) is 0.561. The minimum Gasteiger partial charge on any atom is -0.426 e. The first kappa shape index (κ1) is 16.4. The van der Waals surface area contributed by atoms with Crippen LogP contribution in [0, 0.1) is 5.41 Å². The van der Waals surface area contributed by atoms with Gasteiger partial charge in [0.15, 0.2) is 0 Å². The molecule has 0 unspecified atom stereocenters. The fourth-order valence-electron chi connectivity index (χ4n) is 3.81. The molecule has 1 aliphatic rings. The predicted molar refractivity (Wildman–Crippen MR) is 109 cm³/mol. The summed E-state index contributed by atoms with van der Waals surface area (Å²) in [6.45, 7) is 9.20. The van der Waals surface area contributed by atoms with Gasteiger partial charge in [-0.05, 0) is 52.9 Å². The molecule has 0 bridgehead atoms. The average Bonchev–Trinajstić information content (AvgIpc) is 2.82. The van der Waals surface area contributed by atoms with E-state index in [1.807, 2.05) is 0 Å². The van der Waals surface area contributed by atoms with E-state index in [2.05, 4.69) is 94.4 Å². The van der Waals surface area contributed by atoms with Crippen LogP contribution in [0.5, 0.6) is 0 Å². The minimum atomic E-state index is -0.0913. The standard InChI is InChI=1S/C23H25BO/c1-22(2)16-24(25-23(22,3)4)19-14-12-18(13-15-19)21-11-7-9-17-8-5-6-10-20(17)21/h5-15H,16H2,1-4H3. The Morgan fingerprint density at radius 3 is 2.16 bits per heavy atom. The maximum atomic E-state index is 6.37. The molecule has 1 heterocycles. The summed E-state index contributed by atoms with van der Waals surface area (Å²) in [5.41, 5.74) is 3.93. The summed E-state index contributed by atoms with van der Waals surface area (Å²) in [4.78, 5) is 0. The first-order valence-corrected chi connectivity index (χ1v) is 9.13. The summed E-state index contributed by atoms with van der Waals surface area (Å²) in [6, 6.07) is 24.0. The molecule has 0 saturated carbocycles. The average molecular weight is 328 g/mol. The van der Waals surface area contributed by atoms with Gasteiger partial charge in [-0.2, -0.15) is 0 Å². The Hall–Kier alpha value is -2.06. The molecule has 0 amide bonds. The van der Waals surface area contributed by atoms with E-state index < -0.39 is 0 Å². The van der Waals surface area contributed by atoms with Crippen LogP contribution >= 0.6 is 0 Å². The summed E-state index contributed by atoms with van der Waals surface area (Å²) >= 11 is 0. The second-order valence-electron chi connectivity index (χ2n) is 8.35. The molecule has 1 nitrogen and oxygen atoms in total. The zero-order valence-corrected chi connectivity index (χ0v) is 15.5. The van der Waals surface area contributed by atoms with Crippen molar-refractivity contribution in [2.45, 2.75) is 39.6 Å². The normalized spacial score (nSPS) is 18.6. The largest absolute Gasteiger partial charge is 0.426 e. The van der Waals surface area contributed by atoms with E-state index >= 15 is 0 Å². The van der Waals surface area contributed by atoms with Crippen LogP contribution in [0.1, 0.15) is 27.7 Å². The maximum absolute atomic E-state index is 6.37. The zero-order valence-electron chi connectivity index (χ0n) is 15.5. The number of hydrogen-bond donors (Lipinski definition) is 0. The summed E-state index contributed by atoms with van der Waals surface area (Å²) in [6.07, 6.45) is 1.06. The molecule has 2 heteroatoms. The molecule has 0 radical (unpaired) electrons. The lowest BCUT2D eigenvalue weighted by atomic mass is 9.54. The van der Waals surface area contributed by atoms with Gasteiger partial charge in [0, 0.05) is 0 Å². The van der Waals surface area contributed by atoms with Crippen molar-refractivity contribution in [3.05, 3.63) is 66.7 Å². The van der Waals surface area contributed by atoms with Crippen molar-refractivity contribution >= 4 is 23.2 Å². The molecule has 0 atom stereocenters. The molecule has 3 aromatic rings. The molecule has 1 aliphatic heterocycles. The van der Waals surface area contributed by atoms with Crippen molar-refractivity contribution < 1.29 is 4.65 Å². The van der Waals surface area contributed by atoms with Gasteiger partial charge < -0.3 is 4.65 Å². The van der Waals surface area contributed by atoms with E-state index in [0.29, 0.717) is 0 Å². The van der Waals surface area contributed by atoms with Crippen LogP contribution in [0.2, 0.25) is 6.32 Å². The highest BCUT2D eigenvalue weighted by atomic mass is 16.5. The predicted octanol–water partition coefficient (Wildman–Crippen LogP) is 5.54. The van der Waals surface area contributed by atoms with Gasteiger partial charge in [0.2, 0.25) is 0 Å². The SMILES string of the molecule is CC1(C)CB(c2ccc(-c3cccc4ccccc34)cc2)OC1(C)C. The molecular weight excluding hydrogens is 303 g/mol. The van der Waals surface area contributed by atoms with Crippen molar-refractivity contribution in [3.63, 3.8) is 0 Å². The third kappa shape index (κ3) is 2.79. The highest BCUT2D eigenvalue weighted by Gasteiger charge is 2.49. The lowest BCUT2D eigenvalue weighted by Crippen LogP contribution is -2.36. The zero-order chi connectivity index (χ0) is 17.7. The van der Waals surface area contributed by atoms with E-state index in [1.165, 1.54) is 27.4 Å². The monoisotopic (exact) mass is 328 g/mol. The molecule has 1 saturated heterocycles. The van der Waals surface area contributed by atoms with Crippen LogP contribution in [0.15, 0.2) is 66.7 Å². The molecular formula is C23H25BO. The minimum absolute atomic E-state index is 0.0913. The number of hydrogen-bond acceptors (Lipinski definition) is 1. The van der Waals surface area contributed by atoms with E-state index in [-0.39, 0.29) is 17.9 Å². The molecule has 1 fully saturated rings. The molecule has 0 aliphatic carbocycles. The van der Waals surface area contributed by atoms with Gasteiger partial charge in [0.05, 0.1) is 5.60 Å². The summed E-state index contributed by atoms with van der Waals surface area (Å²) in [7, 11) is 0. The first-order chi connectivity index (χ1) is 11.9. The Kier molecular flexibility index (Phi) is 3.77. The fourth-order valence-corrected chi connectivity index (χ4v) is 3.81. The number of benzene rings is 3. The van der Waals surface area contributed by atoms with Crippen LogP contribution in [-0.2, 0) is 4.65 Å². The lowest BCUT2D eigenvalue weighted by molar-refractivity contribution is 0.0375. The van der Waals surface area contributed by atoms with E-state index in [0.717, 1.165) is 6.32 Å². The van der Waals surface area contributed by atoms with Crippen LogP contribution in [0.4, 0.5) is 0 Å². The van der Waals surface area contributed by atoms with Crippen LogP contribution in [0.25, 0.3) is 21.9 Å². The molecule has 25 heavy (non-hydrogen) atoms. The Labute approximate surface area is 151 Å². The summed E-state index contributed by atoms with van der Waals surface area (Å²) in [5, 5.41) is 2.59. The molecule has 0 spiro atoms. The van der Waals surface area contributed by atoms with Gasteiger partial charge in [0.25, 0.3) is 0 Å². The van der Waals surface area contributed by atoms with Gasteiger partial charge in [-0.1, -0.05) is 80.6 Å². The topological polar surface area (TPSA) is 9.23 Å². The van der Waals surface area contributed by atoms with Crippen LogP contribution < -0.4 is 5.46 Å². The first-order valence-electron chi connectivity index (χ1n) is 9.13. The highest BCUT2D eigenvalue weighted by Crippen LogP contribution is 2.45. The Balaban J connectivity index is 1.67. The molecule has 3 aromatic carbocycles. The van der Waals surface area contributed by atoms with Crippen LogP contribution in [0.3, 0.4) is 0 Å². The molecule has 126 valence electrons. The van der Waals surface area contributed by atoms with Gasteiger partial charge in [-0.15, -0.1) is 0 Å². The van der Waals surface area contributed by atoms with Crippen molar-refractivity contribution in [2.24, 2.45) is 5.41 Å². The second kappa shape index (κ2) is 5.74. The Morgan fingerprint density at radius 2 is 1.48 bits per heavy atom. The van der Waals surface area contributed by atoms with Crippen molar-refractivity contribution in [2.75, 3.05) is 0 Å². The molecule has 4 rings (SSSR count). The van der Waals surface area contributed by atoms with Crippen molar-refractivity contribution in [1.29, 1.82) is 0 Å². The van der Waals surface area contributed by atoms with E-state index in [4.69, 9.17) is 4.65 Å². The third-order valence-corrected chi connectivity index (χ3v) is 6.15. The lowest BCUT2D eigenvalue weighted by Gasteiger charge is -2.34. The summed E-state index contributed by atoms with van der Waals surface area (Å²) in [5.74, 6) is 0. The summed E-state index contributed by atoms with van der Waals surface area (Å²) < 4.78 is 6.37. The van der Waals surface area contributed by atoms with Gasteiger partial charge >= 0.3 is 6.92 Å². The van der Waals surface area contributed by atoms with Crippen molar-refractivity contribution in [1.82, 2.24) is 0 Å². The molecule has 0 aromatic heterocycles. The van der Waals surface area contributed by atoms with Crippen LogP contribution in [-0.4, -0.2) is 12.5 Å². The van der Waals surface area contributed by atoms with Gasteiger partial charge in [-0.25, -0.2) is 0 Å². The van der Waals surface area contributed by atoms with Crippen molar-refractivity contribution in [3.8, 4) is 11.1 Å². The fraction of sp³-hybridized carbons (Fsp3) is 0.304. The van der Waals surface area contributed by atoms with Gasteiger partial charge in [-0.3, -0.25) is 0 Å². The number of rotatable bonds is 2. The highest BCUT2D eigenvalue weighted by molar-refractivity contribution is 6.68.